The summed E-state index contributed by atoms with van der Waals surface area (Å²) >= 11 is 0. The van der Waals surface area contributed by atoms with Crippen LogP contribution in [0.3, 0.4) is 0 Å². The molecule has 0 bridgehead atoms. The van der Waals surface area contributed by atoms with Crippen LogP contribution in [-0.2, 0) is 0 Å². The highest BCUT2D eigenvalue weighted by molar-refractivity contribution is 6.03. The first-order valence-electron chi connectivity index (χ1n) is 6.32. The summed E-state index contributed by atoms with van der Waals surface area (Å²) in [5.74, 6) is 0.127. The van der Waals surface area contributed by atoms with Crippen LogP contribution in [0.15, 0.2) is 18.2 Å². The van der Waals surface area contributed by atoms with E-state index < -0.39 is 0 Å². The number of carbonyl (C=O) groups is 1. The standard InChI is InChI=1S/C14H21N3O/c1-10-6-5-7-11-13(10)14(18)17(4)12(16(11)3)8-9-15-2/h5-7,12,15H,8-9H2,1-4H3/t12-/m0/s1. The molecule has 0 radical (unpaired) electrons. The Hall–Kier alpha value is -1.55. The van der Waals surface area contributed by atoms with Crippen molar-refractivity contribution in [2.45, 2.75) is 19.5 Å². The molecule has 4 heteroatoms. The zero-order chi connectivity index (χ0) is 13.3. The molecule has 18 heavy (non-hydrogen) atoms. The molecule has 1 heterocycles. The molecule has 1 aromatic carbocycles. The molecule has 0 aromatic heterocycles. The first kappa shape index (κ1) is 12.9. The minimum Gasteiger partial charge on any atom is -0.353 e. The van der Waals surface area contributed by atoms with Crippen LogP contribution in [0.5, 0.6) is 0 Å². The minimum absolute atomic E-state index is 0.124. The molecule has 0 fully saturated rings. The average molecular weight is 247 g/mol. The maximum absolute atomic E-state index is 12.4. The number of nitrogens with one attached hydrogen (secondary N) is 1. The fourth-order valence-corrected chi connectivity index (χ4v) is 2.62. The molecule has 1 aliphatic rings. The number of rotatable bonds is 3. The van der Waals surface area contributed by atoms with E-state index in [1.54, 1.807) is 0 Å². The van der Waals surface area contributed by atoms with Gasteiger partial charge in [0, 0.05) is 14.1 Å². The lowest BCUT2D eigenvalue weighted by Gasteiger charge is -2.42. The lowest BCUT2D eigenvalue weighted by molar-refractivity contribution is 0.0704. The minimum atomic E-state index is 0.124. The fourth-order valence-electron chi connectivity index (χ4n) is 2.62. The molecule has 0 unspecified atom stereocenters. The predicted molar refractivity (Wildman–Crippen MR) is 74.0 cm³/mol. The molecule has 1 amide bonds. The van der Waals surface area contributed by atoms with Gasteiger partial charge in [-0.05, 0) is 38.6 Å². The molecule has 0 saturated heterocycles. The van der Waals surface area contributed by atoms with Gasteiger partial charge in [-0.25, -0.2) is 0 Å². The summed E-state index contributed by atoms with van der Waals surface area (Å²) in [4.78, 5) is 16.5. The Morgan fingerprint density at radius 2 is 2.00 bits per heavy atom. The topological polar surface area (TPSA) is 35.6 Å². The Kier molecular flexibility index (Phi) is 3.57. The number of amides is 1. The van der Waals surface area contributed by atoms with Crippen molar-refractivity contribution in [3.63, 3.8) is 0 Å². The Bertz CT molecular complexity index is 458. The van der Waals surface area contributed by atoms with Gasteiger partial charge in [0.1, 0.15) is 6.17 Å². The van der Waals surface area contributed by atoms with Crippen LogP contribution in [0.25, 0.3) is 0 Å². The molecule has 1 atom stereocenters. The third-order valence-corrected chi connectivity index (χ3v) is 3.71. The molecule has 1 aliphatic heterocycles. The zero-order valence-electron chi connectivity index (χ0n) is 11.5. The van der Waals surface area contributed by atoms with Gasteiger partial charge < -0.3 is 15.1 Å². The molecule has 0 spiro atoms. The molecule has 0 aliphatic carbocycles. The number of carbonyl (C=O) groups excluding carboxylic acids is 1. The summed E-state index contributed by atoms with van der Waals surface area (Å²) in [5.41, 5.74) is 2.92. The van der Waals surface area contributed by atoms with Gasteiger partial charge in [0.2, 0.25) is 0 Å². The van der Waals surface area contributed by atoms with E-state index in [2.05, 4.69) is 17.3 Å². The number of aryl methyl sites for hydroxylation is 1. The molecule has 1 aromatic rings. The number of fused-ring (bicyclic) bond motifs is 1. The van der Waals surface area contributed by atoms with Crippen molar-refractivity contribution in [2.75, 3.05) is 32.6 Å². The number of anilines is 1. The van der Waals surface area contributed by atoms with Crippen molar-refractivity contribution < 1.29 is 4.79 Å². The SMILES string of the molecule is CNCC[C@@H]1N(C)C(=O)c2c(C)cccc2N1C. The van der Waals surface area contributed by atoms with E-state index in [9.17, 15) is 4.79 Å². The van der Waals surface area contributed by atoms with Gasteiger partial charge in [0.25, 0.3) is 5.91 Å². The predicted octanol–water partition coefficient (Wildman–Crippen LogP) is 1.45. The van der Waals surface area contributed by atoms with Gasteiger partial charge >= 0.3 is 0 Å². The van der Waals surface area contributed by atoms with Crippen LogP contribution in [0.1, 0.15) is 22.3 Å². The first-order valence-corrected chi connectivity index (χ1v) is 6.32. The van der Waals surface area contributed by atoms with Crippen molar-refractivity contribution in [2.24, 2.45) is 0 Å². The van der Waals surface area contributed by atoms with Crippen LogP contribution in [0, 0.1) is 6.92 Å². The highest BCUT2D eigenvalue weighted by atomic mass is 16.2. The number of hydrogen-bond donors (Lipinski definition) is 1. The summed E-state index contributed by atoms with van der Waals surface area (Å²) in [6, 6.07) is 6.03. The van der Waals surface area contributed by atoms with Crippen LogP contribution < -0.4 is 10.2 Å². The Labute approximate surface area is 109 Å². The van der Waals surface area contributed by atoms with E-state index in [1.165, 1.54) is 0 Å². The highest BCUT2D eigenvalue weighted by Gasteiger charge is 2.33. The van der Waals surface area contributed by atoms with Gasteiger partial charge in [-0.1, -0.05) is 12.1 Å². The number of nitrogens with zero attached hydrogens (tertiary/aromatic N) is 2. The van der Waals surface area contributed by atoms with Gasteiger partial charge in [-0.2, -0.15) is 0 Å². The van der Waals surface area contributed by atoms with Crippen molar-refractivity contribution in [3.8, 4) is 0 Å². The second-order valence-corrected chi connectivity index (χ2v) is 4.87. The monoisotopic (exact) mass is 247 g/mol. The molecule has 1 N–H and O–H groups in total. The summed E-state index contributed by atoms with van der Waals surface area (Å²) < 4.78 is 0. The summed E-state index contributed by atoms with van der Waals surface area (Å²) in [6.07, 6.45) is 1.04. The summed E-state index contributed by atoms with van der Waals surface area (Å²) in [6.45, 7) is 2.89. The Balaban J connectivity index is 2.40. The van der Waals surface area contributed by atoms with E-state index in [1.807, 2.05) is 44.1 Å². The first-order chi connectivity index (χ1) is 8.57. The molecular weight excluding hydrogens is 226 g/mol. The normalized spacial score (nSPS) is 19.1. The maximum atomic E-state index is 12.4. The maximum Gasteiger partial charge on any atom is 0.257 e. The van der Waals surface area contributed by atoms with Crippen LogP contribution >= 0.6 is 0 Å². The van der Waals surface area contributed by atoms with Gasteiger partial charge in [0.15, 0.2) is 0 Å². The van der Waals surface area contributed by atoms with Crippen molar-refractivity contribution in [1.29, 1.82) is 0 Å². The number of benzene rings is 1. The van der Waals surface area contributed by atoms with Crippen molar-refractivity contribution >= 4 is 11.6 Å². The van der Waals surface area contributed by atoms with E-state index in [4.69, 9.17) is 0 Å². The lowest BCUT2D eigenvalue weighted by Crippen LogP contribution is -2.53. The van der Waals surface area contributed by atoms with E-state index in [-0.39, 0.29) is 12.1 Å². The van der Waals surface area contributed by atoms with Gasteiger partial charge in [-0.15, -0.1) is 0 Å². The summed E-state index contributed by atoms with van der Waals surface area (Å²) in [5, 5.41) is 3.14. The molecular formula is C14H21N3O. The molecule has 2 rings (SSSR count). The number of hydrogen-bond acceptors (Lipinski definition) is 3. The van der Waals surface area contributed by atoms with Crippen LogP contribution in [0.2, 0.25) is 0 Å². The second-order valence-electron chi connectivity index (χ2n) is 4.87. The average Bonchev–Trinajstić information content (AvgIpc) is 2.36. The largest absolute Gasteiger partial charge is 0.353 e. The third-order valence-electron chi connectivity index (χ3n) is 3.71. The molecule has 98 valence electrons. The zero-order valence-corrected chi connectivity index (χ0v) is 11.5. The van der Waals surface area contributed by atoms with Crippen molar-refractivity contribution in [3.05, 3.63) is 29.3 Å². The molecule has 4 nitrogen and oxygen atoms in total. The van der Waals surface area contributed by atoms with E-state index in [0.717, 1.165) is 29.8 Å². The summed E-state index contributed by atoms with van der Waals surface area (Å²) in [7, 11) is 5.87. The smallest absolute Gasteiger partial charge is 0.257 e. The fraction of sp³-hybridized carbons (Fsp3) is 0.500. The Morgan fingerprint density at radius 1 is 1.28 bits per heavy atom. The van der Waals surface area contributed by atoms with E-state index >= 15 is 0 Å². The van der Waals surface area contributed by atoms with Crippen LogP contribution in [0.4, 0.5) is 5.69 Å². The second kappa shape index (κ2) is 4.98. The van der Waals surface area contributed by atoms with Gasteiger partial charge in [-0.3, -0.25) is 4.79 Å². The van der Waals surface area contributed by atoms with Crippen LogP contribution in [-0.4, -0.2) is 44.7 Å². The van der Waals surface area contributed by atoms with Gasteiger partial charge in [0.05, 0.1) is 11.3 Å². The lowest BCUT2D eigenvalue weighted by atomic mass is 10.0. The van der Waals surface area contributed by atoms with E-state index in [0.29, 0.717) is 0 Å². The Morgan fingerprint density at radius 3 is 2.67 bits per heavy atom. The quantitative estimate of drug-likeness (QED) is 0.878. The third kappa shape index (κ3) is 1.97. The van der Waals surface area contributed by atoms with Crippen molar-refractivity contribution in [1.82, 2.24) is 10.2 Å². The molecule has 0 saturated carbocycles. The highest BCUT2D eigenvalue weighted by Crippen LogP contribution is 2.31.